The van der Waals surface area contributed by atoms with E-state index in [4.69, 9.17) is 10.7 Å². The molecule has 1 fully saturated rings. The van der Waals surface area contributed by atoms with Crippen LogP contribution in [0.4, 0.5) is 23.0 Å². The lowest BCUT2D eigenvalue weighted by Gasteiger charge is -2.31. The Bertz CT molecular complexity index is 909. The second-order valence-electron chi connectivity index (χ2n) is 7.71. The van der Waals surface area contributed by atoms with Crippen molar-refractivity contribution in [2.24, 2.45) is 11.7 Å². The highest BCUT2D eigenvalue weighted by Crippen LogP contribution is 2.36. The van der Waals surface area contributed by atoms with Crippen LogP contribution in [-0.4, -0.2) is 54.4 Å². The van der Waals surface area contributed by atoms with E-state index in [9.17, 15) is 9.59 Å². The summed E-state index contributed by atoms with van der Waals surface area (Å²) in [5.41, 5.74) is 7.43. The first-order chi connectivity index (χ1) is 14.4. The summed E-state index contributed by atoms with van der Waals surface area (Å²) in [7, 11) is 0. The maximum absolute atomic E-state index is 12.7. The van der Waals surface area contributed by atoms with Gasteiger partial charge in [-0.15, -0.1) is 0 Å². The van der Waals surface area contributed by atoms with E-state index in [2.05, 4.69) is 39.7 Å². The summed E-state index contributed by atoms with van der Waals surface area (Å²) in [4.78, 5) is 36.1. The first-order valence-electron chi connectivity index (χ1n) is 10.1. The molecule has 0 unspecified atom stereocenters. The Labute approximate surface area is 176 Å². The summed E-state index contributed by atoms with van der Waals surface area (Å²) in [5, 5.41) is 9.75. The number of pyridine rings is 2. The molecule has 3 heterocycles. The van der Waals surface area contributed by atoms with Gasteiger partial charge in [-0.05, 0) is 25.0 Å². The molecule has 1 aliphatic rings. The molecule has 0 atom stereocenters. The molecule has 1 aliphatic heterocycles. The predicted octanol–water partition coefficient (Wildman–Crippen LogP) is 2.00. The van der Waals surface area contributed by atoms with Gasteiger partial charge in [0, 0.05) is 38.9 Å². The Kier molecular flexibility index (Phi) is 6.83. The van der Waals surface area contributed by atoms with E-state index in [1.165, 1.54) is 6.92 Å². The van der Waals surface area contributed by atoms with Gasteiger partial charge >= 0.3 is 0 Å². The number of rotatable bonds is 8. The number of piperazine rings is 1. The Hall–Kier alpha value is -3.20. The van der Waals surface area contributed by atoms with Crippen molar-refractivity contribution >= 4 is 34.7 Å². The number of hydrogen-bond acceptors (Lipinski definition) is 8. The maximum Gasteiger partial charge on any atom is 0.254 e. The van der Waals surface area contributed by atoms with Gasteiger partial charge in [-0.2, -0.15) is 0 Å². The lowest BCUT2D eigenvalue weighted by atomic mass is 10.0. The molecule has 3 rings (SSSR count). The van der Waals surface area contributed by atoms with E-state index >= 15 is 0 Å². The molecule has 0 saturated carbocycles. The van der Waals surface area contributed by atoms with Gasteiger partial charge in [0.25, 0.3) is 5.91 Å². The fourth-order valence-electron chi connectivity index (χ4n) is 3.40. The largest absolute Gasteiger partial charge is 0.383 e. The third kappa shape index (κ3) is 4.85. The lowest BCUT2D eigenvalue weighted by molar-refractivity contribution is 0.100. The van der Waals surface area contributed by atoms with Crippen molar-refractivity contribution in [2.45, 2.75) is 20.8 Å². The Morgan fingerprint density at radius 3 is 2.57 bits per heavy atom. The van der Waals surface area contributed by atoms with Crippen LogP contribution in [0.25, 0.3) is 0 Å². The highest BCUT2D eigenvalue weighted by molar-refractivity contribution is 6.13. The SMILES string of the molecule is CC(=O)c1c(N2CCNCC2)nc(Nc2cccnc2)c(C(N)=O)c1NCC(C)C. The van der Waals surface area contributed by atoms with Crippen molar-refractivity contribution in [2.75, 3.05) is 48.3 Å². The van der Waals surface area contributed by atoms with Gasteiger partial charge in [0.1, 0.15) is 17.2 Å². The minimum atomic E-state index is -0.658. The minimum Gasteiger partial charge on any atom is -0.383 e. The fourth-order valence-corrected chi connectivity index (χ4v) is 3.40. The smallest absolute Gasteiger partial charge is 0.254 e. The van der Waals surface area contributed by atoms with Crippen molar-refractivity contribution in [3.63, 3.8) is 0 Å². The van der Waals surface area contributed by atoms with Crippen LogP contribution in [-0.2, 0) is 0 Å². The summed E-state index contributed by atoms with van der Waals surface area (Å²) in [6.45, 7) is 9.17. The van der Waals surface area contributed by atoms with E-state index in [-0.39, 0.29) is 11.3 Å². The summed E-state index contributed by atoms with van der Waals surface area (Å²) < 4.78 is 0. The molecule has 0 radical (unpaired) electrons. The molecule has 160 valence electrons. The van der Waals surface area contributed by atoms with E-state index in [0.717, 1.165) is 13.1 Å². The van der Waals surface area contributed by atoms with Crippen LogP contribution in [0.3, 0.4) is 0 Å². The Morgan fingerprint density at radius 1 is 1.27 bits per heavy atom. The lowest BCUT2D eigenvalue weighted by Crippen LogP contribution is -2.44. The molecule has 0 aliphatic carbocycles. The molecule has 1 saturated heterocycles. The van der Waals surface area contributed by atoms with Crippen molar-refractivity contribution < 1.29 is 9.59 Å². The van der Waals surface area contributed by atoms with Crippen LogP contribution in [0.2, 0.25) is 0 Å². The quantitative estimate of drug-likeness (QED) is 0.486. The number of nitrogens with one attached hydrogen (secondary N) is 3. The molecule has 0 aromatic carbocycles. The van der Waals surface area contributed by atoms with Gasteiger partial charge in [0.2, 0.25) is 0 Å². The highest BCUT2D eigenvalue weighted by atomic mass is 16.1. The van der Waals surface area contributed by atoms with Crippen molar-refractivity contribution in [1.82, 2.24) is 15.3 Å². The van der Waals surface area contributed by atoms with Gasteiger partial charge in [-0.1, -0.05) is 13.8 Å². The standard InChI is InChI=1S/C21H29N7O2/c1-13(2)11-25-18-16(14(3)29)21(28-9-7-23-8-10-28)27-20(17(18)19(22)30)26-15-5-4-6-24-12-15/h4-6,12-13,23H,7-11H2,1-3H3,(H2,22,30)(H2,25,26,27). The summed E-state index contributed by atoms with van der Waals surface area (Å²) in [5.74, 6) is 0.329. The van der Waals surface area contributed by atoms with Gasteiger partial charge < -0.3 is 26.6 Å². The van der Waals surface area contributed by atoms with E-state index in [0.29, 0.717) is 54.1 Å². The monoisotopic (exact) mass is 411 g/mol. The van der Waals surface area contributed by atoms with E-state index in [1.54, 1.807) is 18.5 Å². The molecule has 0 bridgehead atoms. The topological polar surface area (TPSA) is 125 Å². The van der Waals surface area contributed by atoms with Gasteiger partial charge in [0.05, 0.1) is 23.1 Å². The average molecular weight is 412 g/mol. The maximum atomic E-state index is 12.7. The molecule has 5 N–H and O–H groups in total. The van der Waals surface area contributed by atoms with Crippen LogP contribution >= 0.6 is 0 Å². The number of hydrogen-bond donors (Lipinski definition) is 4. The number of ketones is 1. The average Bonchev–Trinajstić information content (AvgIpc) is 2.72. The number of nitrogens with two attached hydrogens (primary N) is 1. The number of Topliss-reactive ketones (excluding diaryl/α,β-unsaturated/α-hetero) is 1. The molecule has 30 heavy (non-hydrogen) atoms. The van der Waals surface area contributed by atoms with Gasteiger partial charge in [-0.25, -0.2) is 4.98 Å². The zero-order valence-electron chi connectivity index (χ0n) is 17.7. The number of amides is 1. The zero-order valence-corrected chi connectivity index (χ0v) is 17.7. The van der Waals surface area contributed by atoms with Gasteiger partial charge in [0.15, 0.2) is 5.78 Å². The fraction of sp³-hybridized carbons (Fsp3) is 0.429. The molecular weight excluding hydrogens is 382 g/mol. The summed E-state index contributed by atoms with van der Waals surface area (Å²) >= 11 is 0. The van der Waals surface area contributed by atoms with E-state index in [1.807, 2.05) is 6.07 Å². The highest BCUT2D eigenvalue weighted by Gasteiger charge is 2.29. The number of carbonyl (C=O) groups excluding carboxylic acids is 2. The minimum absolute atomic E-state index is 0.169. The number of nitrogens with zero attached hydrogens (tertiary/aromatic N) is 3. The third-order valence-electron chi connectivity index (χ3n) is 4.80. The second-order valence-corrected chi connectivity index (χ2v) is 7.71. The van der Waals surface area contributed by atoms with E-state index < -0.39 is 5.91 Å². The van der Waals surface area contributed by atoms with Gasteiger partial charge in [-0.3, -0.25) is 14.6 Å². The summed E-state index contributed by atoms with van der Waals surface area (Å²) in [6, 6.07) is 3.61. The normalized spacial score (nSPS) is 13.9. The number of aromatic nitrogens is 2. The molecular formula is C21H29N7O2. The second kappa shape index (κ2) is 9.53. The molecule has 1 amide bonds. The molecule has 2 aromatic rings. The van der Waals surface area contributed by atoms with Crippen LogP contribution < -0.4 is 26.6 Å². The van der Waals surface area contributed by atoms with Crippen LogP contribution in [0.1, 0.15) is 41.5 Å². The van der Waals surface area contributed by atoms with Crippen LogP contribution in [0.15, 0.2) is 24.5 Å². The molecule has 0 spiro atoms. The molecule has 9 nitrogen and oxygen atoms in total. The van der Waals surface area contributed by atoms with Crippen molar-refractivity contribution in [1.29, 1.82) is 0 Å². The Balaban J connectivity index is 2.22. The number of carbonyl (C=O) groups is 2. The number of primary amides is 1. The van der Waals surface area contributed by atoms with Crippen LogP contribution in [0, 0.1) is 5.92 Å². The number of anilines is 4. The molecule has 9 heteroatoms. The van der Waals surface area contributed by atoms with Crippen molar-refractivity contribution in [3.05, 3.63) is 35.7 Å². The zero-order chi connectivity index (χ0) is 21.7. The Morgan fingerprint density at radius 2 is 2.00 bits per heavy atom. The van der Waals surface area contributed by atoms with Crippen LogP contribution in [0.5, 0.6) is 0 Å². The predicted molar refractivity (Wildman–Crippen MR) is 119 cm³/mol. The first-order valence-corrected chi connectivity index (χ1v) is 10.1. The molecule has 2 aromatic heterocycles. The first kappa shape index (κ1) is 21.5. The summed E-state index contributed by atoms with van der Waals surface area (Å²) in [6.07, 6.45) is 3.30. The van der Waals surface area contributed by atoms with Crippen molar-refractivity contribution in [3.8, 4) is 0 Å². The third-order valence-corrected chi connectivity index (χ3v) is 4.80.